The van der Waals surface area contributed by atoms with Gasteiger partial charge in [-0.25, -0.2) is 0 Å². The molecule has 0 aromatic rings. The SMILES string of the molecule is C=C[C@]1(N)CN(S(=O)(=O)NC(C)(C)CN)C[C@@H]1C. The van der Waals surface area contributed by atoms with Crippen LogP contribution in [0.5, 0.6) is 0 Å². The second-order valence-corrected chi connectivity index (χ2v) is 7.38. The maximum Gasteiger partial charge on any atom is 0.280 e. The molecule has 6 nitrogen and oxygen atoms in total. The van der Waals surface area contributed by atoms with Crippen LogP contribution < -0.4 is 16.2 Å². The van der Waals surface area contributed by atoms with Crippen molar-refractivity contribution in [2.75, 3.05) is 19.6 Å². The molecule has 1 fully saturated rings. The molecule has 0 aromatic carbocycles. The molecular weight excluding hydrogens is 252 g/mol. The molecule has 0 aromatic heterocycles. The van der Waals surface area contributed by atoms with Gasteiger partial charge in [-0.1, -0.05) is 13.0 Å². The number of nitrogens with zero attached hydrogens (tertiary/aromatic N) is 1. The van der Waals surface area contributed by atoms with Gasteiger partial charge in [0.25, 0.3) is 10.2 Å². The van der Waals surface area contributed by atoms with Crippen molar-refractivity contribution in [1.29, 1.82) is 0 Å². The lowest BCUT2D eigenvalue weighted by atomic mass is 9.90. The van der Waals surface area contributed by atoms with Gasteiger partial charge in [0.2, 0.25) is 0 Å². The summed E-state index contributed by atoms with van der Waals surface area (Å²) in [4.78, 5) is 0. The molecule has 5 N–H and O–H groups in total. The summed E-state index contributed by atoms with van der Waals surface area (Å²) in [6.45, 7) is 9.95. The highest BCUT2D eigenvalue weighted by atomic mass is 32.2. The average molecular weight is 276 g/mol. The highest BCUT2D eigenvalue weighted by Gasteiger charge is 2.44. The van der Waals surface area contributed by atoms with Crippen molar-refractivity contribution in [3.05, 3.63) is 12.7 Å². The van der Waals surface area contributed by atoms with E-state index in [1.54, 1.807) is 19.9 Å². The van der Waals surface area contributed by atoms with Crippen LogP contribution in [0.4, 0.5) is 0 Å². The van der Waals surface area contributed by atoms with Crippen LogP contribution in [-0.4, -0.2) is 43.4 Å². The highest BCUT2D eigenvalue weighted by Crippen LogP contribution is 2.28. The molecule has 106 valence electrons. The number of nitrogens with two attached hydrogens (primary N) is 2. The van der Waals surface area contributed by atoms with Gasteiger partial charge in [-0.3, -0.25) is 0 Å². The Morgan fingerprint density at radius 3 is 2.56 bits per heavy atom. The first-order chi connectivity index (χ1) is 8.06. The second-order valence-electron chi connectivity index (χ2n) is 5.71. The van der Waals surface area contributed by atoms with Crippen LogP contribution in [0.1, 0.15) is 20.8 Å². The maximum atomic E-state index is 12.2. The average Bonchev–Trinajstić information content (AvgIpc) is 2.56. The zero-order chi connectivity index (χ0) is 14.2. The third-order valence-corrected chi connectivity index (χ3v) is 5.25. The first-order valence-corrected chi connectivity index (χ1v) is 7.42. The van der Waals surface area contributed by atoms with E-state index < -0.39 is 21.3 Å². The van der Waals surface area contributed by atoms with E-state index in [1.807, 2.05) is 6.92 Å². The lowest BCUT2D eigenvalue weighted by Crippen LogP contribution is -2.54. The van der Waals surface area contributed by atoms with Crippen LogP contribution in [0.25, 0.3) is 0 Å². The highest BCUT2D eigenvalue weighted by molar-refractivity contribution is 7.87. The van der Waals surface area contributed by atoms with Gasteiger partial charge in [-0.05, 0) is 19.8 Å². The van der Waals surface area contributed by atoms with Crippen LogP contribution in [-0.2, 0) is 10.2 Å². The molecule has 1 aliphatic heterocycles. The molecule has 1 heterocycles. The minimum Gasteiger partial charge on any atom is -0.329 e. The van der Waals surface area contributed by atoms with E-state index in [4.69, 9.17) is 11.5 Å². The normalized spacial score (nSPS) is 30.6. The van der Waals surface area contributed by atoms with Gasteiger partial charge in [0, 0.05) is 25.2 Å². The Bertz CT molecular complexity index is 421. The van der Waals surface area contributed by atoms with Gasteiger partial charge in [0.1, 0.15) is 0 Å². The van der Waals surface area contributed by atoms with E-state index in [0.717, 1.165) is 0 Å². The summed E-state index contributed by atoms with van der Waals surface area (Å²) in [7, 11) is -3.57. The van der Waals surface area contributed by atoms with Gasteiger partial charge >= 0.3 is 0 Å². The molecule has 0 saturated carbocycles. The van der Waals surface area contributed by atoms with Crippen LogP contribution >= 0.6 is 0 Å². The molecular formula is C11H24N4O2S. The molecule has 1 rings (SSSR count). The molecule has 1 saturated heterocycles. The maximum absolute atomic E-state index is 12.2. The molecule has 0 spiro atoms. The Hall–Kier alpha value is -0.470. The van der Waals surface area contributed by atoms with E-state index in [9.17, 15) is 8.42 Å². The molecule has 18 heavy (non-hydrogen) atoms. The van der Waals surface area contributed by atoms with Crippen LogP contribution in [0.3, 0.4) is 0 Å². The lowest BCUT2D eigenvalue weighted by Gasteiger charge is -2.28. The molecule has 0 aliphatic carbocycles. The monoisotopic (exact) mass is 276 g/mol. The van der Waals surface area contributed by atoms with Crippen molar-refractivity contribution in [3.63, 3.8) is 0 Å². The summed E-state index contributed by atoms with van der Waals surface area (Å²) in [5.74, 6) is 0.0348. The van der Waals surface area contributed by atoms with E-state index in [-0.39, 0.29) is 19.0 Å². The van der Waals surface area contributed by atoms with Gasteiger partial charge in [-0.15, -0.1) is 6.58 Å². The first-order valence-electron chi connectivity index (χ1n) is 5.98. The summed E-state index contributed by atoms with van der Waals surface area (Å²) < 4.78 is 28.4. The van der Waals surface area contributed by atoms with E-state index in [1.165, 1.54) is 4.31 Å². The fourth-order valence-corrected chi connectivity index (χ4v) is 3.63. The topological polar surface area (TPSA) is 101 Å². The lowest BCUT2D eigenvalue weighted by molar-refractivity contribution is 0.406. The molecule has 0 radical (unpaired) electrons. The minimum absolute atomic E-state index is 0.0348. The van der Waals surface area contributed by atoms with Gasteiger partial charge in [-0.2, -0.15) is 17.4 Å². The number of hydrogen-bond donors (Lipinski definition) is 3. The Labute approximate surface area is 110 Å². The fourth-order valence-electron chi connectivity index (χ4n) is 1.91. The van der Waals surface area contributed by atoms with Gasteiger partial charge in [0.15, 0.2) is 0 Å². The summed E-state index contributed by atoms with van der Waals surface area (Å²) in [5.41, 5.74) is 10.3. The number of rotatable bonds is 5. The summed E-state index contributed by atoms with van der Waals surface area (Å²) >= 11 is 0. The minimum atomic E-state index is -3.57. The molecule has 0 amide bonds. The van der Waals surface area contributed by atoms with E-state index in [0.29, 0.717) is 6.54 Å². The third-order valence-electron chi connectivity index (χ3n) is 3.48. The Balaban J connectivity index is 2.87. The van der Waals surface area contributed by atoms with Crippen LogP contribution in [0, 0.1) is 5.92 Å². The number of nitrogens with one attached hydrogen (secondary N) is 1. The summed E-state index contributed by atoms with van der Waals surface area (Å²) in [6, 6.07) is 0. The predicted molar refractivity (Wildman–Crippen MR) is 73.0 cm³/mol. The summed E-state index contributed by atoms with van der Waals surface area (Å²) in [6.07, 6.45) is 1.63. The molecule has 1 aliphatic rings. The van der Waals surface area contributed by atoms with Crippen molar-refractivity contribution < 1.29 is 8.42 Å². The van der Waals surface area contributed by atoms with Crippen LogP contribution in [0.2, 0.25) is 0 Å². The van der Waals surface area contributed by atoms with Gasteiger partial charge < -0.3 is 11.5 Å². The Morgan fingerprint density at radius 2 is 2.17 bits per heavy atom. The van der Waals surface area contributed by atoms with E-state index in [2.05, 4.69) is 11.3 Å². The number of hydrogen-bond acceptors (Lipinski definition) is 4. The van der Waals surface area contributed by atoms with Gasteiger partial charge in [0.05, 0.1) is 5.54 Å². The molecule has 0 bridgehead atoms. The van der Waals surface area contributed by atoms with Crippen molar-refractivity contribution >= 4 is 10.2 Å². The standard InChI is InChI=1S/C11H24N4O2S/c1-5-11(13)8-15(6-9(11)2)18(16,17)14-10(3,4)7-12/h5,9,14H,1,6-8,12-13H2,2-4H3/t9-,11-/m0/s1. The second kappa shape index (κ2) is 4.90. The predicted octanol–water partition coefficient (Wildman–Crippen LogP) is -0.607. The molecule has 0 unspecified atom stereocenters. The largest absolute Gasteiger partial charge is 0.329 e. The van der Waals surface area contributed by atoms with E-state index >= 15 is 0 Å². The first kappa shape index (κ1) is 15.6. The zero-order valence-corrected chi connectivity index (χ0v) is 12.1. The Morgan fingerprint density at radius 1 is 1.61 bits per heavy atom. The Kier molecular flexibility index (Phi) is 4.24. The third kappa shape index (κ3) is 3.10. The molecule has 2 atom stereocenters. The van der Waals surface area contributed by atoms with Crippen molar-refractivity contribution in [3.8, 4) is 0 Å². The van der Waals surface area contributed by atoms with Crippen molar-refractivity contribution in [2.45, 2.75) is 31.8 Å². The zero-order valence-electron chi connectivity index (χ0n) is 11.3. The fraction of sp³-hybridized carbons (Fsp3) is 0.818. The quantitative estimate of drug-likeness (QED) is 0.583. The smallest absolute Gasteiger partial charge is 0.280 e. The summed E-state index contributed by atoms with van der Waals surface area (Å²) in [5, 5.41) is 0. The van der Waals surface area contributed by atoms with Crippen molar-refractivity contribution in [1.82, 2.24) is 9.03 Å². The van der Waals surface area contributed by atoms with Crippen molar-refractivity contribution in [2.24, 2.45) is 17.4 Å². The molecule has 7 heteroatoms. The van der Waals surface area contributed by atoms with Crippen LogP contribution in [0.15, 0.2) is 12.7 Å².